The highest BCUT2D eigenvalue weighted by atomic mass is 32.1. The van der Waals surface area contributed by atoms with Crippen molar-refractivity contribution in [3.63, 3.8) is 0 Å². The maximum absolute atomic E-state index is 5.95. The van der Waals surface area contributed by atoms with Crippen molar-refractivity contribution in [1.82, 2.24) is 9.55 Å². The van der Waals surface area contributed by atoms with Gasteiger partial charge in [-0.1, -0.05) is 0 Å². The number of ether oxygens (including phenoxy) is 2. The number of aliphatic imine (C=N–C) groups is 1. The number of fused-ring (bicyclic) bond motifs is 4. The van der Waals surface area contributed by atoms with E-state index in [1.54, 1.807) is 11.3 Å². The zero-order chi connectivity index (χ0) is 16.1. The fourth-order valence-electron chi connectivity index (χ4n) is 3.07. The van der Waals surface area contributed by atoms with Gasteiger partial charge in [0, 0.05) is 24.1 Å². The molecule has 0 unspecified atom stereocenters. The fourth-order valence-corrected chi connectivity index (χ4v) is 3.74. The van der Waals surface area contributed by atoms with E-state index in [-0.39, 0.29) is 6.17 Å². The molecule has 4 heterocycles. The minimum absolute atomic E-state index is 0.234. The van der Waals surface area contributed by atoms with Crippen LogP contribution >= 0.6 is 11.3 Å². The number of aromatic nitrogens is 2. The van der Waals surface area contributed by atoms with Crippen LogP contribution in [0.3, 0.4) is 0 Å². The van der Waals surface area contributed by atoms with E-state index in [9.17, 15) is 0 Å². The van der Waals surface area contributed by atoms with Crippen LogP contribution in [-0.2, 0) is 0 Å². The summed E-state index contributed by atoms with van der Waals surface area (Å²) in [6, 6.07) is 5.95. The summed E-state index contributed by atoms with van der Waals surface area (Å²) >= 11 is 1.63. The Morgan fingerprint density at radius 1 is 1.25 bits per heavy atom. The summed E-state index contributed by atoms with van der Waals surface area (Å²) in [5.74, 6) is 2.52. The van der Waals surface area contributed by atoms with Crippen LogP contribution in [-0.4, -0.2) is 28.7 Å². The number of nitrogens with one attached hydrogen (secondary N) is 1. The van der Waals surface area contributed by atoms with E-state index in [0.29, 0.717) is 25.1 Å². The van der Waals surface area contributed by atoms with Crippen molar-refractivity contribution in [1.29, 1.82) is 0 Å². The van der Waals surface area contributed by atoms with Crippen molar-refractivity contribution in [3.05, 3.63) is 34.5 Å². The van der Waals surface area contributed by atoms with Crippen molar-refractivity contribution in [2.24, 2.45) is 10.7 Å². The Balaban J connectivity index is 1.73. The molecule has 0 bridgehead atoms. The lowest BCUT2D eigenvalue weighted by Gasteiger charge is -2.23. The largest absolute Gasteiger partial charge is 0.489 e. The van der Waals surface area contributed by atoms with Crippen LogP contribution in [0.1, 0.15) is 18.2 Å². The van der Waals surface area contributed by atoms with Gasteiger partial charge < -0.3 is 15.2 Å². The van der Waals surface area contributed by atoms with Crippen LogP contribution < -0.4 is 20.5 Å². The maximum Gasteiger partial charge on any atom is 0.212 e. The van der Waals surface area contributed by atoms with Gasteiger partial charge in [-0.15, -0.1) is 0 Å². The topological polar surface area (TPSA) is 86.7 Å². The lowest BCUT2D eigenvalue weighted by molar-refractivity contribution is 0.297. The van der Waals surface area contributed by atoms with Crippen LogP contribution in [0.5, 0.6) is 11.5 Å². The lowest BCUT2D eigenvalue weighted by atomic mass is 10.2. The molecule has 2 aliphatic rings. The number of anilines is 1. The number of rotatable bonds is 1. The Bertz CT molecular complexity index is 947. The molecular formula is C16H15N5O2S. The Labute approximate surface area is 141 Å². The second-order valence-corrected chi connectivity index (χ2v) is 6.49. The van der Waals surface area contributed by atoms with Crippen LogP contribution in [0.2, 0.25) is 0 Å². The predicted octanol–water partition coefficient (Wildman–Crippen LogP) is 2.55. The Morgan fingerprint density at radius 3 is 2.88 bits per heavy atom. The van der Waals surface area contributed by atoms with E-state index in [1.807, 2.05) is 22.1 Å². The molecule has 0 saturated carbocycles. The molecule has 0 fully saturated rings. The van der Waals surface area contributed by atoms with E-state index < -0.39 is 0 Å². The highest BCUT2D eigenvalue weighted by molar-refractivity contribution is 7.08. The first-order valence-corrected chi connectivity index (χ1v) is 8.68. The van der Waals surface area contributed by atoms with Gasteiger partial charge in [0.15, 0.2) is 23.6 Å². The van der Waals surface area contributed by atoms with Crippen molar-refractivity contribution in [3.8, 4) is 11.5 Å². The summed E-state index contributed by atoms with van der Waals surface area (Å²) in [5, 5.41) is 7.15. The monoisotopic (exact) mass is 341 g/mol. The first kappa shape index (κ1) is 13.7. The predicted molar refractivity (Wildman–Crippen MR) is 93.0 cm³/mol. The Morgan fingerprint density at radius 2 is 2.08 bits per heavy atom. The second-order valence-electron chi connectivity index (χ2n) is 5.71. The Hall–Kier alpha value is -2.74. The van der Waals surface area contributed by atoms with E-state index in [0.717, 1.165) is 34.5 Å². The van der Waals surface area contributed by atoms with Gasteiger partial charge in [-0.25, -0.2) is 9.98 Å². The molecule has 3 aromatic rings. The summed E-state index contributed by atoms with van der Waals surface area (Å²) in [4.78, 5) is 9.22. The third kappa shape index (κ3) is 2.03. The van der Waals surface area contributed by atoms with Crippen LogP contribution in [0.25, 0.3) is 11.0 Å². The van der Waals surface area contributed by atoms with E-state index >= 15 is 0 Å². The zero-order valence-corrected chi connectivity index (χ0v) is 13.5. The van der Waals surface area contributed by atoms with Crippen molar-refractivity contribution in [2.45, 2.75) is 12.6 Å². The molecule has 1 atom stereocenters. The molecule has 0 radical (unpaired) electrons. The number of hydrogen-bond donors (Lipinski definition) is 2. The maximum atomic E-state index is 5.95. The van der Waals surface area contributed by atoms with Gasteiger partial charge in [-0.3, -0.25) is 9.88 Å². The number of hydrogen-bond acceptors (Lipinski definition) is 7. The van der Waals surface area contributed by atoms with Gasteiger partial charge in [0.2, 0.25) is 5.95 Å². The van der Waals surface area contributed by atoms with E-state index in [2.05, 4.69) is 26.7 Å². The highest BCUT2D eigenvalue weighted by Gasteiger charge is 2.27. The lowest BCUT2D eigenvalue weighted by Crippen LogP contribution is -2.31. The summed E-state index contributed by atoms with van der Waals surface area (Å²) in [7, 11) is 0. The number of nitrogens with two attached hydrogens (primary N) is 1. The number of imidazole rings is 1. The molecule has 0 aliphatic carbocycles. The molecule has 0 amide bonds. The molecule has 0 spiro atoms. The molecule has 0 saturated heterocycles. The number of nitrogens with zero attached hydrogens (tertiary/aromatic N) is 3. The van der Waals surface area contributed by atoms with E-state index in [1.165, 1.54) is 0 Å². The first-order chi connectivity index (χ1) is 11.8. The molecule has 8 heteroatoms. The molecule has 2 aromatic heterocycles. The van der Waals surface area contributed by atoms with Crippen molar-refractivity contribution < 1.29 is 9.47 Å². The summed E-state index contributed by atoms with van der Waals surface area (Å²) in [5.41, 5.74) is 8.80. The van der Waals surface area contributed by atoms with Crippen molar-refractivity contribution in [2.75, 3.05) is 18.5 Å². The molecule has 7 nitrogen and oxygen atoms in total. The third-order valence-corrected chi connectivity index (χ3v) is 4.85. The molecular weight excluding hydrogens is 326 g/mol. The van der Waals surface area contributed by atoms with Gasteiger partial charge >= 0.3 is 0 Å². The number of thiophene rings is 1. The van der Waals surface area contributed by atoms with Gasteiger partial charge in [-0.2, -0.15) is 11.3 Å². The smallest absolute Gasteiger partial charge is 0.212 e. The first-order valence-electron chi connectivity index (χ1n) is 7.73. The van der Waals surface area contributed by atoms with Gasteiger partial charge in [0.1, 0.15) is 0 Å². The molecule has 2 aliphatic heterocycles. The summed E-state index contributed by atoms with van der Waals surface area (Å²) < 4.78 is 13.6. The minimum Gasteiger partial charge on any atom is -0.489 e. The minimum atomic E-state index is -0.234. The second kappa shape index (κ2) is 5.13. The van der Waals surface area contributed by atoms with Crippen LogP contribution in [0.4, 0.5) is 5.95 Å². The summed E-state index contributed by atoms with van der Waals surface area (Å²) in [6.07, 6.45) is 0.638. The molecule has 5 rings (SSSR count). The number of benzene rings is 1. The molecule has 122 valence electrons. The standard InChI is InChI=1S/C16H15N5O2S/c17-15-19-14(9-2-5-24-8-9)21-11-7-13-12(22-3-1-4-23-13)6-10(11)18-16(21)20-15/h2,5-8,14H,1,3-4H2,(H3,17,18,19,20)/t14-/m1/s1. The van der Waals surface area contributed by atoms with Crippen LogP contribution in [0, 0.1) is 0 Å². The van der Waals surface area contributed by atoms with Gasteiger partial charge in [0.25, 0.3) is 0 Å². The fraction of sp³-hybridized carbons (Fsp3) is 0.250. The quantitative estimate of drug-likeness (QED) is 0.710. The van der Waals surface area contributed by atoms with Gasteiger partial charge in [-0.05, 0) is 16.8 Å². The molecule has 1 aromatic carbocycles. The third-order valence-electron chi connectivity index (χ3n) is 4.15. The van der Waals surface area contributed by atoms with Gasteiger partial charge in [0.05, 0.1) is 24.2 Å². The zero-order valence-electron chi connectivity index (χ0n) is 12.7. The highest BCUT2D eigenvalue weighted by Crippen LogP contribution is 2.39. The van der Waals surface area contributed by atoms with E-state index in [4.69, 9.17) is 15.2 Å². The van der Waals surface area contributed by atoms with Crippen LogP contribution in [0.15, 0.2) is 34.0 Å². The summed E-state index contributed by atoms with van der Waals surface area (Å²) in [6.45, 7) is 1.30. The average molecular weight is 341 g/mol. The van der Waals surface area contributed by atoms with Crippen molar-refractivity contribution >= 4 is 34.3 Å². The molecule has 24 heavy (non-hydrogen) atoms. The average Bonchev–Trinajstić information content (AvgIpc) is 3.15. The number of guanidine groups is 1. The molecule has 3 N–H and O–H groups in total. The SMILES string of the molecule is NC1=N[C@@H](c2ccsc2)n2c(nc3cc4c(cc32)OCCCO4)N1. The normalized spacial score (nSPS) is 19.3. The Kier molecular flexibility index (Phi) is 2.93.